The Hall–Kier alpha value is -0.990. The van der Waals surface area contributed by atoms with Gasteiger partial charge in [0.1, 0.15) is 0 Å². The maximum Gasteiger partial charge on any atom is 0.247 e. The summed E-state index contributed by atoms with van der Waals surface area (Å²) in [6.45, 7) is 3.72. The van der Waals surface area contributed by atoms with E-state index in [1.807, 2.05) is 19.9 Å². The Morgan fingerprint density at radius 3 is 2.56 bits per heavy atom. The van der Waals surface area contributed by atoms with E-state index in [0.717, 1.165) is 0 Å². The van der Waals surface area contributed by atoms with Crippen molar-refractivity contribution in [3.05, 3.63) is 12.3 Å². The Morgan fingerprint density at radius 1 is 1.56 bits per heavy atom. The number of carbonyl (C=O) groups excluding carboxylic acids is 1. The van der Waals surface area contributed by atoms with Crippen LogP contribution in [0.5, 0.6) is 0 Å². The average Bonchev–Trinajstić information content (AvgIpc) is 1.77. The molecule has 0 radical (unpaired) electrons. The quantitative estimate of drug-likeness (QED) is 0.485. The highest BCUT2D eigenvalue weighted by Crippen LogP contribution is 2.17. The van der Waals surface area contributed by atoms with Gasteiger partial charge in [-0.3, -0.25) is 10.2 Å². The molecule has 1 aliphatic heterocycles. The van der Waals surface area contributed by atoms with Gasteiger partial charge < -0.3 is 5.43 Å². The minimum Gasteiger partial charge on any atom is -0.306 e. The van der Waals surface area contributed by atoms with Crippen LogP contribution in [0.1, 0.15) is 13.8 Å². The summed E-state index contributed by atoms with van der Waals surface area (Å²) in [5, 5.41) is 0. The van der Waals surface area contributed by atoms with Crippen molar-refractivity contribution < 1.29 is 4.79 Å². The summed E-state index contributed by atoms with van der Waals surface area (Å²) >= 11 is 0. The molecule has 3 heteroatoms. The molecular weight excluding hydrogens is 116 g/mol. The number of nitrogens with one attached hydrogen (secondary N) is 2. The molecule has 50 valence electrons. The van der Waals surface area contributed by atoms with Crippen molar-refractivity contribution in [2.75, 3.05) is 0 Å². The van der Waals surface area contributed by atoms with Crippen LogP contribution in [0.25, 0.3) is 0 Å². The van der Waals surface area contributed by atoms with Gasteiger partial charge in [0.15, 0.2) is 0 Å². The summed E-state index contributed by atoms with van der Waals surface area (Å²) in [4.78, 5) is 10.9. The maximum atomic E-state index is 10.9. The summed E-state index contributed by atoms with van der Waals surface area (Å²) in [5.74, 6) is 0.00463. The molecule has 0 saturated carbocycles. The van der Waals surface area contributed by atoms with Gasteiger partial charge in [-0.15, -0.1) is 0 Å². The first-order chi connectivity index (χ1) is 4.13. The molecule has 0 atom stereocenters. The molecule has 1 rings (SSSR count). The number of rotatable bonds is 0. The molecule has 0 aromatic heterocycles. The van der Waals surface area contributed by atoms with Crippen molar-refractivity contribution in [2.24, 2.45) is 5.41 Å². The fraction of sp³-hybridized carbons (Fsp3) is 0.500. The topological polar surface area (TPSA) is 41.1 Å². The molecule has 0 unspecified atom stereocenters. The van der Waals surface area contributed by atoms with E-state index in [2.05, 4.69) is 10.9 Å². The third-order valence-corrected chi connectivity index (χ3v) is 1.35. The second-order valence-electron chi connectivity index (χ2n) is 2.65. The van der Waals surface area contributed by atoms with Crippen molar-refractivity contribution in [3.63, 3.8) is 0 Å². The summed E-state index contributed by atoms with van der Waals surface area (Å²) < 4.78 is 0. The van der Waals surface area contributed by atoms with Crippen molar-refractivity contribution in [1.29, 1.82) is 0 Å². The smallest absolute Gasteiger partial charge is 0.247 e. The highest BCUT2D eigenvalue weighted by Gasteiger charge is 2.25. The standard InChI is InChI=1S/C6H10N2O/c1-6(2)3-4-7-8-5(6)9/h3-4,7H,1-2H3,(H,8,9). The summed E-state index contributed by atoms with van der Waals surface area (Å²) in [6, 6.07) is 0. The summed E-state index contributed by atoms with van der Waals surface area (Å²) in [6.07, 6.45) is 3.55. The Kier molecular flexibility index (Phi) is 1.20. The maximum absolute atomic E-state index is 10.9. The Bertz CT molecular complexity index is 160. The molecule has 0 aliphatic carbocycles. The van der Waals surface area contributed by atoms with E-state index in [1.54, 1.807) is 6.20 Å². The fourth-order valence-electron chi connectivity index (χ4n) is 0.594. The van der Waals surface area contributed by atoms with Crippen LogP contribution in [0.3, 0.4) is 0 Å². The van der Waals surface area contributed by atoms with Gasteiger partial charge in [0.05, 0.1) is 5.41 Å². The number of hydrogen-bond donors (Lipinski definition) is 2. The number of carbonyl (C=O) groups is 1. The van der Waals surface area contributed by atoms with Crippen LogP contribution in [0.4, 0.5) is 0 Å². The second kappa shape index (κ2) is 1.76. The van der Waals surface area contributed by atoms with E-state index in [9.17, 15) is 4.79 Å². The predicted molar refractivity (Wildman–Crippen MR) is 34.2 cm³/mol. The van der Waals surface area contributed by atoms with E-state index >= 15 is 0 Å². The average molecular weight is 126 g/mol. The van der Waals surface area contributed by atoms with Gasteiger partial charge in [-0.1, -0.05) is 6.08 Å². The van der Waals surface area contributed by atoms with Crippen LogP contribution < -0.4 is 10.9 Å². The third-order valence-electron chi connectivity index (χ3n) is 1.35. The van der Waals surface area contributed by atoms with Crippen LogP contribution in [-0.2, 0) is 4.79 Å². The van der Waals surface area contributed by atoms with Gasteiger partial charge in [0, 0.05) is 6.20 Å². The monoisotopic (exact) mass is 126 g/mol. The first kappa shape index (κ1) is 6.13. The van der Waals surface area contributed by atoms with Gasteiger partial charge in [-0.2, -0.15) is 0 Å². The zero-order valence-corrected chi connectivity index (χ0v) is 5.56. The number of hydrazine groups is 1. The van der Waals surface area contributed by atoms with Crippen LogP contribution >= 0.6 is 0 Å². The molecule has 0 fully saturated rings. The highest BCUT2D eigenvalue weighted by molar-refractivity contribution is 5.84. The first-order valence-electron chi connectivity index (χ1n) is 2.86. The second-order valence-corrected chi connectivity index (χ2v) is 2.65. The summed E-state index contributed by atoms with van der Waals surface area (Å²) in [5.41, 5.74) is 4.75. The van der Waals surface area contributed by atoms with Crippen molar-refractivity contribution in [3.8, 4) is 0 Å². The molecule has 3 nitrogen and oxygen atoms in total. The molecular formula is C6H10N2O. The van der Waals surface area contributed by atoms with Gasteiger partial charge in [-0.25, -0.2) is 0 Å². The fourth-order valence-corrected chi connectivity index (χ4v) is 0.594. The largest absolute Gasteiger partial charge is 0.306 e. The molecule has 9 heavy (non-hydrogen) atoms. The SMILES string of the molecule is CC1(C)C=CNNC1=O. The van der Waals surface area contributed by atoms with Gasteiger partial charge in [0.2, 0.25) is 5.91 Å². The zero-order chi connectivity index (χ0) is 6.91. The minimum atomic E-state index is -0.356. The molecule has 1 amide bonds. The lowest BCUT2D eigenvalue weighted by Crippen LogP contribution is -2.45. The van der Waals surface area contributed by atoms with Crippen LogP contribution in [0.2, 0.25) is 0 Å². The minimum absolute atomic E-state index is 0.00463. The zero-order valence-electron chi connectivity index (χ0n) is 5.56. The third kappa shape index (κ3) is 1.04. The lowest BCUT2D eigenvalue weighted by Gasteiger charge is -2.23. The number of hydrogen-bond acceptors (Lipinski definition) is 2. The van der Waals surface area contributed by atoms with E-state index < -0.39 is 0 Å². The van der Waals surface area contributed by atoms with Crippen molar-refractivity contribution in [2.45, 2.75) is 13.8 Å². The van der Waals surface area contributed by atoms with E-state index in [1.165, 1.54) is 0 Å². The Labute approximate surface area is 54.1 Å². The first-order valence-corrected chi connectivity index (χ1v) is 2.86. The van der Waals surface area contributed by atoms with Gasteiger partial charge in [0.25, 0.3) is 0 Å². The molecule has 0 bridgehead atoms. The lowest BCUT2D eigenvalue weighted by atomic mass is 9.92. The molecule has 0 spiro atoms. The molecule has 1 heterocycles. The van der Waals surface area contributed by atoms with Gasteiger partial charge in [-0.05, 0) is 13.8 Å². The number of amides is 1. The molecule has 2 N–H and O–H groups in total. The molecule has 1 aliphatic rings. The van der Waals surface area contributed by atoms with Crippen molar-refractivity contribution >= 4 is 5.91 Å². The van der Waals surface area contributed by atoms with Crippen LogP contribution in [0.15, 0.2) is 12.3 Å². The lowest BCUT2D eigenvalue weighted by molar-refractivity contribution is -0.128. The van der Waals surface area contributed by atoms with Crippen LogP contribution in [-0.4, -0.2) is 5.91 Å². The molecule has 0 aromatic carbocycles. The van der Waals surface area contributed by atoms with E-state index in [-0.39, 0.29) is 11.3 Å². The molecule has 0 aromatic rings. The highest BCUT2D eigenvalue weighted by atomic mass is 16.2. The van der Waals surface area contributed by atoms with Crippen LogP contribution in [0, 0.1) is 5.41 Å². The van der Waals surface area contributed by atoms with E-state index in [0.29, 0.717) is 0 Å². The Morgan fingerprint density at radius 2 is 2.22 bits per heavy atom. The molecule has 0 saturated heterocycles. The summed E-state index contributed by atoms with van der Waals surface area (Å²) in [7, 11) is 0. The Balaban J connectivity index is 2.81. The predicted octanol–water partition coefficient (Wildman–Crippen LogP) is 0.161. The van der Waals surface area contributed by atoms with Crippen molar-refractivity contribution in [1.82, 2.24) is 10.9 Å². The normalized spacial score (nSPS) is 22.7. The van der Waals surface area contributed by atoms with E-state index in [4.69, 9.17) is 0 Å². The van der Waals surface area contributed by atoms with Gasteiger partial charge >= 0.3 is 0 Å².